The summed E-state index contributed by atoms with van der Waals surface area (Å²) in [5, 5.41) is 9.59. The molecule has 2 aromatic heterocycles. The third kappa shape index (κ3) is 3.03. The van der Waals surface area contributed by atoms with Crippen LogP contribution in [0.3, 0.4) is 0 Å². The second-order valence-electron chi connectivity index (χ2n) is 5.31. The van der Waals surface area contributed by atoms with Gasteiger partial charge in [-0.2, -0.15) is 0 Å². The molecule has 0 aliphatic rings. The number of nitrogens with zero attached hydrogens (tertiary/aromatic N) is 4. The summed E-state index contributed by atoms with van der Waals surface area (Å²) < 4.78 is 0. The molecule has 0 amide bonds. The Morgan fingerprint density at radius 3 is 1.62 bits per heavy atom. The molecule has 0 spiro atoms. The lowest BCUT2D eigenvalue weighted by atomic mass is 10.3. The van der Waals surface area contributed by atoms with Gasteiger partial charge in [0, 0.05) is 22.9 Å². The minimum absolute atomic E-state index is 0.639. The van der Waals surface area contributed by atoms with Crippen LogP contribution in [0.4, 0.5) is 0 Å². The van der Waals surface area contributed by atoms with Crippen molar-refractivity contribution in [2.45, 2.75) is 0 Å². The Hall–Kier alpha value is -3.94. The van der Waals surface area contributed by atoms with Gasteiger partial charge in [0.2, 0.25) is 0 Å². The van der Waals surface area contributed by atoms with Crippen molar-refractivity contribution in [3.63, 3.8) is 0 Å². The van der Waals surface area contributed by atoms with E-state index in [1.165, 1.54) is 0 Å². The van der Waals surface area contributed by atoms with E-state index in [-0.39, 0.29) is 0 Å². The molecule has 2 aromatic carbocycles. The molecule has 0 bridgehead atoms. The quantitative estimate of drug-likeness (QED) is 0.520. The number of benzene rings is 2. The Morgan fingerprint density at radius 2 is 1.15 bits per heavy atom. The maximum Gasteiger partial charge on any atom is 0.358 e. The zero-order valence-corrected chi connectivity index (χ0v) is 13.4. The van der Waals surface area contributed by atoms with Gasteiger partial charge in [0.25, 0.3) is 0 Å². The summed E-state index contributed by atoms with van der Waals surface area (Å²) in [4.78, 5) is 36.1. The van der Waals surface area contributed by atoms with Gasteiger partial charge in [-0.05, 0) is 12.1 Å². The lowest BCUT2D eigenvalue weighted by molar-refractivity contribution is -0.142. The standard InChI is InChI=1S/C18H12N4O4/c23-17(25-21-15-7-3-1-5-13(15)11-19-21)9-10-18(24)26-22-16-8-4-2-6-14(16)12-20-22/h1-12H/b10-9+. The Labute approximate surface area is 146 Å². The summed E-state index contributed by atoms with van der Waals surface area (Å²) in [5.41, 5.74) is 1.28. The van der Waals surface area contributed by atoms with E-state index in [1.54, 1.807) is 36.7 Å². The minimum Gasteiger partial charge on any atom is -0.314 e. The molecular formula is C18H12N4O4. The van der Waals surface area contributed by atoms with E-state index in [0.29, 0.717) is 11.0 Å². The molecule has 2 heterocycles. The van der Waals surface area contributed by atoms with E-state index >= 15 is 0 Å². The van der Waals surface area contributed by atoms with E-state index in [0.717, 1.165) is 32.6 Å². The van der Waals surface area contributed by atoms with Crippen LogP contribution in [0.2, 0.25) is 0 Å². The maximum atomic E-state index is 11.9. The van der Waals surface area contributed by atoms with Crippen molar-refractivity contribution in [2.24, 2.45) is 0 Å². The third-order valence-corrected chi connectivity index (χ3v) is 3.60. The lowest BCUT2D eigenvalue weighted by Gasteiger charge is -2.02. The summed E-state index contributed by atoms with van der Waals surface area (Å²) in [5.74, 6) is -1.53. The van der Waals surface area contributed by atoms with E-state index < -0.39 is 11.9 Å². The van der Waals surface area contributed by atoms with Crippen LogP contribution >= 0.6 is 0 Å². The summed E-state index contributed by atoms with van der Waals surface area (Å²) >= 11 is 0. The van der Waals surface area contributed by atoms with Gasteiger partial charge < -0.3 is 9.68 Å². The number of hydrogen-bond donors (Lipinski definition) is 0. The van der Waals surface area contributed by atoms with Crippen LogP contribution in [-0.4, -0.2) is 31.8 Å². The highest BCUT2D eigenvalue weighted by molar-refractivity contribution is 5.92. The summed E-state index contributed by atoms with van der Waals surface area (Å²) in [6.45, 7) is 0. The molecule has 0 radical (unpaired) electrons. The fourth-order valence-electron chi connectivity index (χ4n) is 2.41. The number of fused-ring (bicyclic) bond motifs is 2. The first-order chi connectivity index (χ1) is 12.7. The van der Waals surface area contributed by atoms with Crippen molar-refractivity contribution >= 4 is 33.7 Å². The normalized spacial score (nSPS) is 11.2. The van der Waals surface area contributed by atoms with Gasteiger partial charge in [-0.15, -0.1) is 10.2 Å². The van der Waals surface area contributed by atoms with Crippen LogP contribution in [0.25, 0.3) is 21.8 Å². The van der Waals surface area contributed by atoms with Gasteiger partial charge in [0.1, 0.15) is 11.0 Å². The zero-order valence-electron chi connectivity index (χ0n) is 13.4. The number of rotatable bonds is 4. The van der Waals surface area contributed by atoms with Crippen molar-refractivity contribution in [1.29, 1.82) is 0 Å². The Morgan fingerprint density at radius 1 is 0.731 bits per heavy atom. The number of aromatic nitrogens is 4. The average molecular weight is 348 g/mol. The molecule has 8 heteroatoms. The monoisotopic (exact) mass is 348 g/mol. The summed E-state index contributed by atoms with van der Waals surface area (Å²) in [7, 11) is 0. The SMILES string of the molecule is O=C(/C=C/C(=O)On1ncc2ccccc21)On1ncc2ccccc21. The maximum absolute atomic E-state index is 11.9. The first-order valence-electron chi connectivity index (χ1n) is 7.69. The molecule has 0 saturated carbocycles. The van der Waals surface area contributed by atoms with E-state index in [9.17, 15) is 9.59 Å². The van der Waals surface area contributed by atoms with Gasteiger partial charge in [-0.25, -0.2) is 9.59 Å². The van der Waals surface area contributed by atoms with Gasteiger partial charge in [-0.1, -0.05) is 46.1 Å². The molecule has 0 aliphatic carbocycles. The molecule has 128 valence electrons. The second-order valence-corrected chi connectivity index (χ2v) is 5.31. The van der Waals surface area contributed by atoms with Crippen LogP contribution < -0.4 is 9.68 Å². The van der Waals surface area contributed by atoms with E-state index in [1.807, 2.05) is 24.3 Å². The minimum atomic E-state index is -0.763. The lowest BCUT2D eigenvalue weighted by Crippen LogP contribution is -2.21. The molecule has 0 atom stereocenters. The molecule has 4 aromatic rings. The van der Waals surface area contributed by atoms with Crippen molar-refractivity contribution in [2.75, 3.05) is 0 Å². The molecule has 26 heavy (non-hydrogen) atoms. The number of hydrogen-bond acceptors (Lipinski definition) is 6. The van der Waals surface area contributed by atoms with Crippen molar-refractivity contribution in [3.8, 4) is 0 Å². The van der Waals surface area contributed by atoms with Gasteiger partial charge in [0.05, 0.1) is 12.4 Å². The van der Waals surface area contributed by atoms with E-state index in [2.05, 4.69) is 10.2 Å². The highest BCUT2D eigenvalue weighted by atomic mass is 16.7. The third-order valence-electron chi connectivity index (χ3n) is 3.60. The Bertz CT molecular complexity index is 1050. The van der Waals surface area contributed by atoms with Crippen LogP contribution in [0.5, 0.6) is 0 Å². The Balaban J connectivity index is 1.42. The fourth-order valence-corrected chi connectivity index (χ4v) is 2.41. The largest absolute Gasteiger partial charge is 0.358 e. The highest BCUT2D eigenvalue weighted by Crippen LogP contribution is 2.12. The molecular weight excluding hydrogens is 336 g/mol. The molecule has 4 rings (SSSR count). The Kier molecular flexibility index (Phi) is 3.91. The summed E-state index contributed by atoms with van der Waals surface area (Å²) in [6, 6.07) is 14.5. The summed E-state index contributed by atoms with van der Waals surface area (Å²) in [6.07, 6.45) is 5.07. The number of para-hydroxylation sites is 2. The molecule has 0 fully saturated rings. The second kappa shape index (κ2) is 6.52. The highest BCUT2D eigenvalue weighted by Gasteiger charge is 2.09. The van der Waals surface area contributed by atoms with Crippen LogP contribution in [0.15, 0.2) is 73.1 Å². The molecule has 0 unspecified atom stereocenters. The molecule has 8 nitrogen and oxygen atoms in total. The predicted octanol–water partition coefficient (Wildman–Crippen LogP) is 1.55. The zero-order chi connectivity index (χ0) is 17.9. The topological polar surface area (TPSA) is 88.2 Å². The fraction of sp³-hybridized carbons (Fsp3) is 0. The van der Waals surface area contributed by atoms with Gasteiger partial charge >= 0.3 is 11.9 Å². The van der Waals surface area contributed by atoms with Crippen LogP contribution in [-0.2, 0) is 9.59 Å². The van der Waals surface area contributed by atoms with Gasteiger partial charge in [-0.3, -0.25) is 0 Å². The first-order valence-corrected chi connectivity index (χ1v) is 7.69. The molecule has 0 N–H and O–H groups in total. The smallest absolute Gasteiger partial charge is 0.314 e. The molecule has 0 saturated heterocycles. The van der Waals surface area contributed by atoms with Crippen molar-refractivity contribution < 1.29 is 19.3 Å². The first kappa shape index (κ1) is 15.6. The van der Waals surface area contributed by atoms with Crippen LogP contribution in [0, 0.1) is 0 Å². The average Bonchev–Trinajstić information content (AvgIpc) is 3.25. The van der Waals surface area contributed by atoms with Crippen molar-refractivity contribution in [3.05, 3.63) is 73.1 Å². The predicted molar refractivity (Wildman–Crippen MR) is 91.8 cm³/mol. The van der Waals surface area contributed by atoms with E-state index in [4.69, 9.17) is 9.68 Å². The molecule has 0 aliphatic heterocycles. The van der Waals surface area contributed by atoms with Crippen LogP contribution in [0.1, 0.15) is 0 Å². The number of carbonyl (C=O) groups is 2. The number of carbonyl (C=O) groups excluding carboxylic acids is 2. The van der Waals surface area contributed by atoms with Crippen molar-refractivity contribution in [1.82, 2.24) is 19.9 Å². The van der Waals surface area contributed by atoms with Gasteiger partial charge in [0.15, 0.2) is 0 Å².